The second kappa shape index (κ2) is 5.56. The number of carboxylic acid groups (broad SMARTS) is 1. The summed E-state index contributed by atoms with van der Waals surface area (Å²) in [6.07, 6.45) is 0. The molecule has 6 heteroatoms. The monoisotopic (exact) mass is 279 g/mol. The highest BCUT2D eigenvalue weighted by Crippen LogP contribution is 2.32. The van der Waals surface area contributed by atoms with E-state index in [1.54, 1.807) is 13.8 Å². The lowest BCUT2D eigenvalue weighted by Crippen LogP contribution is -2.34. The first-order chi connectivity index (χ1) is 7.82. The van der Waals surface area contributed by atoms with Crippen LogP contribution in [-0.4, -0.2) is 17.1 Å². The van der Waals surface area contributed by atoms with Crippen molar-refractivity contribution in [2.45, 2.75) is 19.9 Å². The summed E-state index contributed by atoms with van der Waals surface area (Å²) in [5.74, 6) is -1.75. The molecule has 0 spiro atoms. The average Bonchev–Trinajstić information content (AvgIpc) is 2.14. The molecule has 2 N–H and O–H groups in total. The quantitative estimate of drug-likeness (QED) is 0.885. The van der Waals surface area contributed by atoms with Gasteiger partial charge >= 0.3 is 5.97 Å². The van der Waals surface area contributed by atoms with Crippen LogP contribution >= 0.6 is 23.2 Å². The predicted octanol–water partition coefficient (Wildman–Crippen LogP) is 3.65. The van der Waals surface area contributed by atoms with E-state index in [0.717, 1.165) is 12.1 Å². The number of nitrogens with one attached hydrogen (secondary N) is 1. The summed E-state index contributed by atoms with van der Waals surface area (Å²) in [7, 11) is 0. The first-order valence-electron chi connectivity index (χ1n) is 4.96. The molecule has 3 nitrogen and oxygen atoms in total. The summed E-state index contributed by atoms with van der Waals surface area (Å²) in [6, 6.07) is 1.32. The van der Waals surface area contributed by atoms with Crippen LogP contribution in [0.3, 0.4) is 0 Å². The molecule has 0 saturated carbocycles. The zero-order valence-corrected chi connectivity index (χ0v) is 10.8. The van der Waals surface area contributed by atoms with Crippen LogP contribution in [0.5, 0.6) is 0 Å². The summed E-state index contributed by atoms with van der Waals surface area (Å²) in [4.78, 5) is 11.0. The standard InChI is InChI=1S/C11H12Cl2FNO2/c1-5(2)9(11(16)17)15-10-7(12)3-6(14)4-8(10)13/h3-5,9,15H,1-2H3,(H,16,17). The van der Waals surface area contributed by atoms with E-state index in [0.29, 0.717) is 0 Å². The van der Waals surface area contributed by atoms with Gasteiger partial charge in [-0.2, -0.15) is 0 Å². The molecular formula is C11H12Cl2FNO2. The van der Waals surface area contributed by atoms with E-state index in [-0.39, 0.29) is 21.7 Å². The summed E-state index contributed by atoms with van der Waals surface area (Å²) in [5.41, 5.74) is 0.232. The fourth-order valence-electron chi connectivity index (χ4n) is 1.35. The second-order valence-corrected chi connectivity index (χ2v) is 4.76. The van der Waals surface area contributed by atoms with E-state index in [2.05, 4.69) is 5.32 Å². The fourth-order valence-corrected chi connectivity index (χ4v) is 1.92. The zero-order valence-electron chi connectivity index (χ0n) is 9.30. The van der Waals surface area contributed by atoms with Crippen molar-refractivity contribution in [2.75, 3.05) is 5.32 Å². The molecule has 1 unspecified atom stereocenters. The Balaban J connectivity index is 3.05. The molecule has 0 aliphatic rings. The molecule has 0 fully saturated rings. The SMILES string of the molecule is CC(C)C(Nc1c(Cl)cc(F)cc1Cl)C(=O)O. The van der Waals surface area contributed by atoms with Gasteiger partial charge in [0, 0.05) is 0 Å². The minimum atomic E-state index is -1.02. The van der Waals surface area contributed by atoms with Crippen molar-refractivity contribution in [1.29, 1.82) is 0 Å². The summed E-state index contributed by atoms with van der Waals surface area (Å²) >= 11 is 11.6. The number of carbonyl (C=O) groups is 1. The van der Waals surface area contributed by atoms with Gasteiger partial charge in [0.2, 0.25) is 0 Å². The van der Waals surface area contributed by atoms with Crippen molar-refractivity contribution >= 4 is 34.9 Å². The Labute approximate surface area is 109 Å². The van der Waals surface area contributed by atoms with Crippen LogP contribution in [0.2, 0.25) is 10.0 Å². The molecule has 0 bridgehead atoms. The molecule has 0 aromatic heterocycles. The first-order valence-corrected chi connectivity index (χ1v) is 5.72. The van der Waals surface area contributed by atoms with Gasteiger partial charge in [0.1, 0.15) is 11.9 Å². The van der Waals surface area contributed by atoms with Crippen molar-refractivity contribution in [1.82, 2.24) is 0 Å². The fraction of sp³-hybridized carbons (Fsp3) is 0.364. The van der Waals surface area contributed by atoms with Crippen LogP contribution in [0.15, 0.2) is 12.1 Å². The Morgan fingerprint density at radius 3 is 2.18 bits per heavy atom. The molecule has 1 aromatic carbocycles. The maximum absolute atomic E-state index is 12.9. The van der Waals surface area contributed by atoms with Gasteiger partial charge in [0.15, 0.2) is 0 Å². The van der Waals surface area contributed by atoms with Crippen molar-refractivity contribution in [3.63, 3.8) is 0 Å². The molecule has 0 aliphatic carbocycles. The average molecular weight is 280 g/mol. The number of rotatable bonds is 4. The third-order valence-electron chi connectivity index (χ3n) is 2.24. The first kappa shape index (κ1) is 14.1. The molecule has 1 atom stereocenters. The minimum Gasteiger partial charge on any atom is -0.480 e. The van der Waals surface area contributed by atoms with E-state index >= 15 is 0 Å². The lowest BCUT2D eigenvalue weighted by atomic mass is 10.0. The van der Waals surface area contributed by atoms with Gasteiger partial charge in [-0.1, -0.05) is 37.0 Å². The van der Waals surface area contributed by atoms with Gasteiger partial charge in [-0.3, -0.25) is 0 Å². The third kappa shape index (κ3) is 3.48. The van der Waals surface area contributed by atoms with Crippen LogP contribution in [0, 0.1) is 11.7 Å². The number of anilines is 1. The van der Waals surface area contributed by atoms with Crippen LogP contribution in [0.1, 0.15) is 13.8 Å². The number of halogens is 3. The molecule has 1 rings (SSSR count). The molecule has 1 aromatic rings. The van der Waals surface area contributed by atoms with Crippen molar-refractivity contribution in [2.24, 2.45) is 5.92 Å². The molecule has 94 valence electrons. The van der Waals surface area contributed by atoms with Gasteiger partial charge in [0.05, 0.1) is 15.7 Å². The highest BCUT2D eigenvalue weighted by Gasteiger charge is 2.23. The van der Waals surface area contributed by atoms with E-state index in [1.807, 2.05) is 0 Å². The Morgan fingerprint density at radius 1 is 1.35 bits per heavy atom. The Bertz CT molecular complexity index is 414. The normalized spacial score (nSPS) is 12.6. The molecule has 0 aliphatic heterocycles. The van der Waals surface area contributed by atoms with Crippen molar-refractivity contribution < 1.29 is 14.3 Å². The van der Waals surface area contributed by atoms with Gasteiger partial charge in [0.25, 0.3) is 0 Å². The lowest BCUT2D eigenvalue weighted by Gasteiger charge is -2.20. The predicted molar refractivity (Wildman–Crippen MR) is 66.3 cm³/mol. The smallest absolute Gasteiger partial charge is 0.326 e. The molecule has 0 radical (unpaired) electrons. The van der Waals surface area contributed by atoms with Gasteiger partial charge in [-0.15, -0.1) is 0 Å². The number of benzene rings is 1. The highest BCUT2D eigenvalue weighted by molar-refractivity contribution is 6.39. The van der Waals surface area contributed by atoms with E-state index in [4.69, 9.17) is 28.3 Å². The van der Waals surface area contributed by atoms with Gasteiger partial charge in [-0.25, -0.2) is 9.18 Å². The van der Waals surface area contributed by atoms with Crippen molar-refractivity contribution in [3.8, 4) is 0 Å². The minimum absolute atomic E-state index is 0.0573. The van der Waals surface area contributed by atoms with Crippen LogP contribution in [0.25, 0.3) is 0 Å². The molecule has 0 saturated heterocycles. The van der Waals surface area contributed by atoms with Gasteiger partial charge < -0.3 is 10.4 Å². The summed E-state index contributed by atoms with van der Waals surface area (Å²) in [6.45, 7) is 3.49. The highest BCUT2D eigenvalue weighted by atomic mass is 35.5. The zero-order chi connectivity index (χ0) is 13.2. The topological polar surface area (TPSA) is 49.3 Å². The summed E-state index contributed by atoms with van der Waals surface area (Å²) < 4.78 is 12.9. The second-order valence-electron chi connectivity index (χ2n) is 3.95. The van der Waals surface area contributed by atoms with E-state index < -0.39 is 17.8 Å². The number of hydrogen-bond acceptors (Lipinski definition) is 2. The molecule has 0 heterocycles. The Hall–Kier alpha value is -1.00. The maximum atomic E-state index is 12.9. The summed E-state index contributed by atoms with van der Waals surface area (Å²) in [5, 5.41) is 11.8. The van der Waals surface area contributed by atoms with Crippen LogP contribution in [0.4, 0.5) is 10.1 Å². The van der Waals surface area contributed by atoms with Crippen molar-refractivity contribution in [3.05, 3.63) is 28.0 Å². The van der Waals surface area contributed by atoms with E-state index in [9.17, 15) is 9.18 Å². The lowest BCUT2D eigenvalue weighted by molar-refractivity contribution is -0.138. The molecule has 17 heavy (non-hydrogen) atoms. The third-order valence-corrected chi connectivity index (χ3v) is 2.84. The Morgan fingerprint density at radius 2 is 1.82 bits per heavy atom. The molecule has 0 amide bonds. The molecular weight excluding hydrogens is 268 g/mol. The van der Waals surface area contributed by atoms with E-state index in [1.165, 1.54) is 0 Å². The number of hydrogen-bond donors (Lipinski definition) is 2. The largest absolute Gasteiger partial charge is 0.480 e. The number of aliphatic carboxylic acids is 1. The number of carboxylic acids is 1. The maximum Gasteiger partial charge on any atom is 0.326 e. The van der Waals surface area contributed by atoms with Gasteiger partial charge in [-0.05, 0) is 18.1 Å². The Kier molecular flexibility index (Phi) is 4.60. The van der Waals surface area contributed by atoms with Crippen LogP contribution < -0.4 is 5.32 Å². The van der Waals surface area contributed by atoms with Crippen LogP contribution in [-0.2, 0) is 4.79 Å².